The topological polar surface area (TPSA) is 25.2 Å². The summed E-state index contributed by atoms with van der Waals surface area (Å²) in [5.41, 5.74) is 0. The molecule has 2 rings (SSSR count). The normalized spacial score (nSPS) is 19.2. The van der Waals surface area contributed by atoms with Crippen LogP contribution in [0.4, 0.5) is 0 Å². The van der Waals surface area contributed by atoms with Gasteiger partial charge in [0.1, 0.15) is 5.76 Å². The minimum absolute atomic E-state index is 0.408. The monoisotopic (exact) mass is 193 g/mol. The van der Waals surface area contributed by atoms with Gasteiger partial charge < -0.3 is 9.73 Å². The molecule has 1 N–H and O–H groups in total. The van der Waals surface area contributed by atoms with Crippen LogP contribution in [0.15, 0.2) is 22.8 Å². The summed E-state index contributed by atoms with van der Waals surface area (Å²) in [6, 6.07) is 4.43. The highest BCUT2D eigenvalue weighted by atomic mass is 16.3. The molecule has 14 heavy (non-hydrogen) atoms. The summed E-state index contributed by atoms with van der Waals surface area (Å²) < 4.78 is 5.41. The van der Waals surface area contributed by atoms with Crippen LogP contribution in [0, 0.1) is 5.92 Å². The van der Waals surface area contributed by atoms with E-state index in [1.807, 2.05) is 6.07 Å². The second-order valence-electron chi connectivity index (χ2n) is 4.18. The first-order valence-electron chi connectivity index (χ1n) is 5.67. The van der Waals surface area contributed by atoms with Gasteiger partial charge in [-0.15, -0.1) is 0 Å². The van der Waals surface area contributed by atoms with Crippen molar-refractivity contribution >= 4 is 0 Å². The van der Waals surface area contributed by atoms with Gasteiger partial charge in [-0.3, -0.25) is 0 Å². The van der Waals surface area contributed by atoms with Gasteiger partial charge in [0.25, 0.3) is 0 Å². The molecule has 78 valence electrons. The van der Waals surface area contributed by atoms with Crippen LogP contribution < -0.4 is 5.32 Å². The SMILES string of the molecule is CCC(NCC1CCC1)c1ccco1. The molecular weight excluding hydrogens is 174 g/mol. The van der Waals surface area contributed by atoms with E-state index in [9.17, 15) is 0 Å². The van der Waals surface area contributed by atoms with Gasteiger partial charge >= 0.3 is 0 Å². The molecular formula is C12H19NO. The third-order valence-electron chi connectivity index (χ3n) is 3.17. The second-order valence-corrected chi connectivity index (χ2v) is 4.18. The quantitative estimate of drug-likeness (QED) is 0.777. The smallest absolute Gasteiger partial charge is 0.120 e. The first-order valence-corrected chi connectivity index (χ1v) is 5.67. The van der Waals surface area contributed by atoms with Gasteiger partial charge in [0.05, 0.1) is 12.3 Å². The molecule has 1 saturated carbocycles. The Bertz CT molecular complexity index is 251. The van der Waals surface area contributed by atoms with Gasteiger partial charge in [-0.05, 0) is 43.9 Å². The molecule has 0 radical (unpaired) electrons. The van der Waals surface area contributed by atoms with Crippen LogP contribution in [0.5, 0.6) is 0 Å². The van der Waals surface area contributed by atoms with E-state index in [4.69, 9.17) is 4.42 Å². The lowest BCUT2D eigenvalue weighted by Crippen LogP contribution is -2.30. The second kappa shape index (κ2) is 4.65. The molecule has 2 nitrogen and oxygen atoms in total. The van der Waals surface area contributed by atoms with E-state index in [-0.39, 0.29) is 0 Å². The molecule has 1 aromatic rings. The molecule has 0 saturated heterocycles. The summed E-state index contributed by atoms with van der Waals surface area (Å²) in [6.07, 6.45) is 7.08. The van der Waals surface area contributed by atoms with E-state index >= 15 is 0 Å². The highest BCUT2D eigenvalue weighted by molar-refractivity contribution is 5.04. The van der Waals surface area contributed by atoms with Crippen molar-refractivity contribution in [1.82, 2.24) is 5.32 Å². The molecule has 0 bridgehead atoms. The Morgan fingerprint density at radius 3 is 2.93 bits per heavy atom. The molecule has 1 atom stereocenters. The Balaban J connectivity index is 1.80. The van der Waals surface area contributed by atoms with Gasteiger partial charge in [-0.2, -0.15) is 0 Å². The molecule has 1 aliphatic carbocycles. The van der Waals surface area contributed by atoms with Gasteiger partial charge in [-0.1, -0.05) is 13.3 Å². The summed E-state index contributed by atoms with van der Waals surface area (Å²) in [5.74, 6) is 1.99. The van der Waals surface area contributed by atoms with Gasteiger partial charge in [0.2, 0.25) is 0 Å². The number of rotatable bonds is 5. The standard InChI is InChI=1S/C12H19NO/c1-2-11(12-7-4-8-14-12)13-9-10-5-3-6-10/h4,7-8,10-11,13H,2-3,5-6,9H2,1H3. The van der Waals surface area contributed by atoms with E-state index in [2.05, 4.69) is 18.3 Å². The fourth-order valence-electron chi connectivity index (χ4n) is 1.94. The molecule has 1 aliphatic rings. The fraction of sp³-hybridized carbons (Fsp3) is 0.667. The average molecular weight is 193 g/mol. The zero-order chi connectivity index (χ0) is 9.80. The Labute approximate surface area is 85.7 Å². The highest BCUT2D eigenvalue weighted by Gasteiger charge is 2.19. The predicted molar refractivity (Wildman–Crippen MR) is 57.1 cm³/mol. The van der Waals surface area contributed by atoms with Crippen LogP contribution in [0.1, 0.15) is 44.4 Å². The van der Waals surface area contributed by atoms with Crippen molar-refractivity contribution in [3.05, 3.63) is 24.2 Å². The molecule has 0 aliphatic heterocycles. The maximum Gasteiger partial charge on any atom is 0.120 e. The summed E-state index contributed by atoms with van der Waals surface area (Å²) in [4.78, 5) is 0. The van der Waals surface area contributed by atoms with Crippen molar-refractivity contribution in [2.24, 2.45) is 5.92 Å². The summed E-state index contributed by atoms with van der Waals surface area (Å²) >= 11 is 0. The fourth-order valence-corrected chi connectivity index (χ4v) is 1.94. The van der Waals surface area contributed by atoms with Gasteiger partial charge in [0, 0.05) is 0 Å². The third-order valence-corrected chi connectivity index (χ3v) is 3.17. The maximum absolute atomic E-state index is 5.41. The maximum atomic E-state index is 5.41. The van der Waals surface area contributed by atoms with Crippen molar-refractivity contribution in [1.29, 1.82) is 0 Å². The zero-order valence-electron chi connectivity index (χ0n) is 8.83. The highest BCUT2D eigenvalue weighted by Crippen LogP contribution is 2.26. The lowest BCUT2D eigenvalue weighted by molar-refractivity contribution is 0.278. The Morgan fingerprint density at radius 1 is 1.57 bits per heavy atom. The molecule has 1 fully saturated rings. The average Bonchev–Trinajstić information content (AvgIpc) is 2.62. The summed E-state index contributed by atoms with van der Waals surface area (Å²) in [6.45, 7) is 3.35. The molecule has 0 amide bonds. The van der Waals surface area contributed by atoms with Crippen molar-refractivity contribution in [2.75, 3.05) is 6.54 Å². The zero-order valence-corrected chi connectivity index (χ0v) is 8.83. The van der Waals surface area contributed by atoms with Crippen LogP contribution in [-0.2, 0) is 0 Å². The number of hydrogen-bond donors (Lipinski definition) is 1. The predicted octanol–water partition coefficient (Wildman–Crippen LogP) is 3.12. The number of hydrogen-bond acceptors (Lipinski definition) is 2. The first kappa shape index (κ1) is 9.78. The summed E-state index contributed by atoms with van der Waals surface area (Å²) in [7, 11) is 0. The Hall–Kier alpha value is -0.760. The molecule has 0 aromatic carbocycles. The third kappa shape index (κ3) is 2.18. The Morgan fingerprint density at radius 2 is 2.43 bits per heavy atom. The van der Waals surface area contributed by atoms with E-state index in [0.717, 1.165) is 24.6 Å². The Kier molecular flexibility index (Phi) is 3.25. The van der Waals surface area contributed by atoms with Crippen molar-refractivity contribution in [3.8, 4) is 0 Å². The number of furan rings is 1. The van der Waals surface area contributed by atoms with Crippen LogP contribution in [0.3, 0.4) is 0 Å². The van der Waals surface area contributed by atoms with Crippen molar-refractivity contribution in [2.45, 2.75) is 38.6 Å². The van der Waals surface area contributed by atoms with E-state index in [0.29, 0.717) is 6.04 Å². The molecule has 1 unspecified atom stereocenters. The van der Waals surface area contributed by atoms with Gasteiger partial charge in [-0.25, -0.2) is 0 Å². The van der Waals surface area contributed by atoms with Crippen molar-refractivity contribution < 1.29 is 4.42 Å². The summed E-state index contributed by atoms with van der Waals surface area (Å²) in [5, 5.41) is 3.58. The van der Waals surface area contributed by atoms with Crippen LogP contribution in [0.2, 0.25) is 0 Å². The molecule has 1 aromatic heterocycles. The minimum Gasteiger partial charge on any atom is -0.468 e. The molecule has 1 heterocycles. The van der Waals surface area contributed by atoms with Crippen LogP contribution in [-0.4, -0.2) is 6.54 Å². The number of nitrogens with one attached hydrogen (secondary N) is 1. The largest absolute Gasteiger partial charge is 0.468 e. The van der Waals surface area contributed by atoms with E-state index in [1.54, 1.807) is 6.26 Å². The van der Waals surface area contributed by atoms with Crippen LogP contribution in [0.25, 0.3) is 0 Å². The molecule has 2 heteroatoms. The lowest BCUT2D eigenvalue weighted by Gasteiger charge is -2.27. The molecule has 0 spiro atoms. The van der Waals surface area contributed by atoms with Crippen molar-refractivity contribution in [3.63, 3.8) is 0 Å². The first-order chi connectivity index (χ1) is 6.90. The van der Waals surface area contributed by atoms with Crippen LogP contribution >= 0.6 is 0 Å². The van der Waals surface area contributed by atoms with E-state index < -0.39 is 0 Å². The van der Waals surface area contributed by atoms with Gasteiger partial charge in [0.15, 0.2) is 0 Å². The minimum atomic E-state index is 0.408. The lowest BCUT2D eigenvalue weighted by atomic mass is 9.85. The van der Waals surface area contributed by atoms with E-state index in [1.165, 1.54) is 19.3 Å².